The lowest BCUT2D eigenvalue weighted by Crippen LogP contribution is -2.23. The summed E-state index contributed by atoms with van der Waals surface area (Å²) in [4.78, 5) is 23.4. The first-order valence-electron chi connectivity index (χ1n) is 7.35. The fourth-order valence-corrected chi connectivity index (χ4v) is 2.28. The summed E-state index contributed by atoms with van der Waals surface area (Å²) < 4.78 is 10.3. The van der Waals surface area contributed by atoms with Crippen LogP contribution in [-0.2, 0) is 14.3 Å². The molecule has 1 amide bonds. The molecule has 0 heterocycles. The summed E-state index contributed by atoms with van der Waals surface area (Å²) in [5.74, 6) is -0.503. The molecule has 0 saturated carbocycles. The van der Waals surface area contributed by atoms with Crippen LogP contribution < -0.4 is 10.1 Å². The van der Waals surface area contributed by atoms with Gasteiger partial charge in [0.25, 0.3) is 5.91 Å². The third-order valence-electron chi connectivity index (χ3n) is 3.06. The maximum Gasteiger partial charge on any atom is 0.344 e. The minimum Gasteiger partial charge on any atom is -0.482 e. The highest BCUT2D eigenvalue weighted by Gasteiger charge is 2.10. The van der Waals surface area contributed by atoms with Gasteiger partial charge in [0.15, 0.2) is 13.2 Å². The number of esters is 1. The van der Waals surface area contributed by atoms with E-state index in [2.05, 4.69) is 5.32 Å². The van der Waals surface area contributed by atoms with E-state index < -0.39 is 18.5 Å². The summed E-state index contributed by atoms with van der Waals surface area (Å²) in [7, 11) is 0. The third-order valence-corrected chi connectivity index (χ3v) is 3.39. The van der Waals surface area contributed by atoms with Crippen LogP contribution in [0.15, 0.2) is 42.5 Å². The first-order valence-corrected chi connectivity index (χ1v) is 7.73. The Morgan fingerprint density at radius 3 is 2.38 bits per heavy atom. The topological polar surface area (TPSA) is 64.6 Å². The number of hydrogen-bond acceptors (Lipinski definition) is 4. The molecule has 0 aliphatic rings. The number of carbonyl (C=O) groups excluding carboxylic acids is 2. The molecule has 0 atom stereocenters. The number of benzene rings is 2. The van der Waals surface area contributed by atoms with E-state index in [4.69, 9.17) is 21.1 Å². The zero-order chi connectivity index (χ0) is 17.5. The number of halogens is 1. The highest BCUT2D eigenvalue weighted by atomic mass is 35.5. The summed E-state index contributed by atoms with van der Waals surface area (Å²) in [5, 5.41) is 2.98. The quantitative estimate of drug-likeness (QED) is 0.812. The van der Waals surface area contributed by atoms with E-state index in [0.29, 0.717) is 16.5 Å². The second kappa shape index (κ2) is 8.36. The third kappa shape index (κ3) is 5.59. The molecule has 0 spiro atoms. The molecule has 2 rings (SSSR count). The number of ether oxygens (including phenoxy) is 2. The molecule has 0 aliphatic carbocycles. The van der Waals surface area contributed by atoms with Gasteiger partial charge in [-0.05, 0) is 49.2 Å². The van der Waals surface area contributed by atoms with Crippen molar-refractivity contribution in [2.24, 2.45) is 0 Å². The van der Waals surface area contributed by atoms with Crippen LogP contribution in [0.2, 0.25) is 5.02 Å². The minimum atomic E-state index is -0.622. The number of aryl methyl sites for hydroxylation is 2. The maximum atomic E-state index is 11.7. The zero-order valence-corrected chi connectivity index (χ0v) is 14.2. The predicted octanol–water partition coefficient (Wildman–Crippen LogP) is 3.52. The van der Waals surface area contributed by atoms with Crippen molar-refractivity contribution < 1.29 is 19.1 Å². The molecule has 24 heavy (non-hydrogen) atoms. The van der Waals surface area contributed by atoms with Crippen molar-refractivity contribution in [3.8, 4) is 5.75 Å². The van der Waals surface area contributed by atoms with Crippen molar-refractivity contribution >= 4 is 29.2 Å². The van der Waals surface area contributed by atoms with Gasteiger partial charge in [-0.15, -0.1) is 0 Å². The van der Waals surface area contributed by atoms with Crippen LogP contribution in [0.25, 0.3) is 0 Å². The van der Waals surface area contributed by atoms with Crippen LogP contribution in [0.1, 0.15) is 11.1 Å². The Bertz CT molecular complexity index is 725. The molecule has 2 aromatic carbocycles. The van der Waals surface area contributed by atoms with Crippen molar-refractivity contribution in [2.45, 2.75) is 13.8 Å². The van der Waals surface area contributed by atoms with E-state index in [9.17, 15) is 9.59 Å². The van der Waals surface area contributed by atoms with Crippen LogP contribution in [-0.4, -0.2) is 25.1 Å². The van der Waals surface area contributed by atoms with Gasteiger partial charge >= 0.3 is 5.97 Å². The summed E-state index contributed by atoms with van der Waals surface area (Å²) in [6, 6.07) is 12.5. The van der Waals surface area contributed by atoms with E-state index in [1.54, 1.807) is 24.3 Å². The van der Waals surface area contributed by atoms with Gasteiger partial charge in [0.1, 0.15) is 5.75 Å². The lowest BCUT2D eigenvalue weighted by molar-refractivity contribution is -0.149. The van der Waals surface area contributed by atoms with Crippen LogP contribution in [0.3, 0.4) is 0 Å². The second-order valence-corrected chi connectivity index (χ2v) is 5.71. The summed E-state index contributed by atoms with van der Waals surface area (Å²) in [5.41, 5.74) is 2.54. The van der Waals surface area contributed by atoms with Gasteiger partial charge in [-0.2, -0.15) is 0 Å². The van der Waals surface area contributed by atoms with Gasteiger partial charge in [-0.25, -0.2) is 4.79 Å². The molecular weight excluding hydrogens is 330 g/mol. The van der Waals surface area contributed by atoms with Crippen LogP contribution in [0.4, 0.5) is 5.69 Å². The molecule has 0 aromatic heterocycles. The largest absolute Gasteiger partial charge is 0.482 e. The molecule has 0 radical (unpaired) electrons. The molecule has 6 heteroatoms. The number of hydrogen-bond donors (Lipinski definition) is 1. The molecule has 1 N–H and O–H groups in total. The average Bonchev–Trinajstić information content (AvgIpc) is 2.52. The van der Waals surface area contributed by atoms with Crippen molar-refractivity contribution in [1.82, 2.24) is 0 Å². The van der Waals surface area contributed by atoms with Crippen LogP contribution >= 0.6 is 11.6 Å². The molecule has 0 bridgehead atoms. The Morgan fingerprint density at radius 1 is 1.04 bits per heavy atom. The van der Waals surface area contributed by atoms with Crippen molar-refractivity contribution in [2.75, 3.05) is 18.5 Å². The molecule has 5 nitrogen and oxygen atoms in total. The van der Waals surface area contributed by atoms with E-state index in [-0.39, 0.29) is 6.61 Å². The normalized spacial score (nSPS) is 10.1. The molecule has 0 saturated heterocycles. The van der Waals surface area contributed by atoms with E-state index in [1.807, 2.05) is 32.0 Å². The van der Waals surface area contributed by atoms with Gasteiger partial charge in [0.2, 0.25) is 0 Å². The number of nitrogens with one attached hydrogen (secondary N) is 1. The van der Waals surface area contributed by atoms with E-state index in [1.165, 1.54) is 0 Å². The number of carbonyl (C=O) groups is 2. The molecule has 126 valence electrons. The molecule has 0 fully saturated rings. The van der Waals surface area contributed by atoms with Crippen LogP contribution in [0, 0.1) is 13.8 Å². The monoisotopic (exact) mass is 347 g/mol. The Balaban J connectivity index is 1.76. The summed E-state index contributed by atoms with van der Waals surface area (Å²) in [6.45, 7) is 3.22. The van der Waals surface area contributed by atoms with Gasteiger partial charge < -0.3 is 14.8 Å². The molecule has 2 aromatic rings. The Kier molecular flexibility index (Phi) is 6.21. The number of anilines is 1. The number of amides is 1. The maximum absolute atomic E-state index is 11.7. The van der Waals surface area contributed by atoms with Gasteiger partial charge in [-0.3, -0.25) is 4.79 Å². The van der Waals surface area contributed by atoms with Gasteiger partial charge in [0.05, 0.1) is 10.7 Å². The standard InChI is InChI=1S/C18H18ClNO4/c1-12-7-13(2)9-14(8-12)23-11-18(22)24-10-17(21)20-16-6-4-3-5-15(16)19/h3-9H,10-11H2,1-2H3,(H,20,21). The lowest BCUT2D eigenvalue weighted by Gasteiger charge is -2.09. The Labute approximate surface area is 145 Å². The fourth-order valence-electron chi connectivity index (χ4n) is 2.10. The Morgan fingerprint density at radius 2 is 1.71 bits per heavy atom. The SMILES string of the molecule is Cc1cc(C)cc(OCC(=O)OCC(=O)Nc2ccccc2Cl)c1. The average molecular weight is 348 g/mol. The lowest BCUT2D eigenvalue weighted by atomic mass is 10.1. The first kappa shape index (κ1) is 17.8. The summed E-state index contributed by atoms with van der Waals surface area (Å²) in [6.07, 6.45) is 0. The summed E-state index contributed by atoms with van der Waals surface area (Å²) >= 11 is 5.93. The number of rotatable bonds is 6. The van der Waals surface area contributed by atoms with Crippen molar-refractivity contribution in [3.05, 3.63) is 58.6 Å². The van der Waals surface area contributed by atoms with Gasteiger partial charge in [0, 0.05) is 0 Å². The van der Waals surface area contributed by atoms with Crippen molar-refractivity contribution in [1.29, 1.82) is 0 Å². The predicted molar refractivity (Wildman–Crippen MR) is 92.5 cm³/mol. The van der Waals surface area contributed by atoms with Crippen molar-refractivity contribution in [3.63, 3.8) is 0 Å². The smallest absolute Gasteiger partial charge is 0.344 e. The zero-order valence-electron chi connectivity index (χ0n) is 13.5. The molecule has 0 aliphatic heterocycles. The fraction of sp³-hybridized carbons (Fsp3) is 0.222. The Hall–Kier alpha value is -2.53. The van der Waals surface area contributed by atoms with E-state index in [0.717, 1.165) is 11.1 Å². The first-order chi connectivity index (χ1) is 11.4. The van der Waals surface area contributed by atoms with Crippen LogP contribution in [0.5, 0.6) is 5.75 Å². The second-order valence-electron chi connectivity index (χ2n) is 5.30. The highest BCUT2D eigenvalue weighted by Crippen LogP contribution is 2.20. The molecule has 0 unspecified atom stereocenters. The minimum absolute atomic E-state index is 0.262. The van der Waals surface area contributed by atoms with E-state index >= 15 is 0 Å². The number of para-hydroxylation sites is 1. The highest BCUT2D eigenvalue weighted by molar-refractivity contribution is 6.33. The van der Waals surface area contributed by atoms with Gasteiger partial charge in [-0.1, -0.05) is 29.8 Å². The molecular formula is C18H18ClNO4.